The maximum Gasteiger partial charge on any atom is 0.275 e. The fourth-order valence-electron chi connectivity index (χ4n) is 1.99. The number of aromatic nitrogens is 2. The van der Waals surface area contributed by atoms with E-state index in [1.54, 1.807) is 28.4 Å². The Bertz CT molecular complexity index is 746. The van der Waals surface area contributed by atoms with Gasteiger partial charge in [-0.1, -0.05) is 0 Å². The highest BCUT2D eigenvalue weighted by atomic mass is 32.1. The monoisotopic (exact) mass is 286 g/mol. The van der Waals surface area contributed by atoms with Crippen LogP contribution in [0.5, 0.6) is 0 Å². The Morgan fingerprint density at radius 3 is 3.15 bits per heavy atom. The minimum Gasteiger partial charge on any atom is -0.335 e. The molecule has 0 unspecified atom stereocenters. The number of nitrogens with one attached hydrogen (secondary N) is 1. The van der Waals surface area contributed by atoms with Crippen molar-refractivity contribution in [3.8, 4) is 0 Å². The zero-order valence-corrected chi connectivity index (χ0v) is 11.6. The summed E-state index contributed by atoms with van der Waals surface area (Å²) in [5.41, 5.74) is 6.63. The summed E-state index contributed by atoms with van der Waals surface area (Å²) in [7, 11) is 0. The number of nitrogens with zero attached hydrogens (tertiary/aromatic N) is 2. The summed E-state index contributed by atoms with van der Waals surface area (Å²) in [6.07, 6.45) is 3.31. The Labute approximate surface area is 120 Å². The smallest absolute Gasteiger partial charge is 0.275 e. The number of nitrogens with two attached hydrogens (primary N) is 1. The van der Waals surface area contributed by atoms with Gasteiger partial charge in [0.1, 0.15) is 5.69 Å². The summed E-state index contributed by atoms with van der Waals surface area (Å²) in [5.74, 6) is -0.213. The van der Waals surface area contributed by atoms with E-state index in [2.05, 4.69) is 10.3 Å². The van der Waals surface area contributed by atoms with Crippen molar-refractivity contribution in [1.82, 2.24) is 9.55 Å². The van der Waals surface area contributed by atoms with Crippen LogP contribution in [-0.4, -0.2) is 22.0 Å². The molecule has 20 heavy (non-hydrogen) atoms. The third kappa shape index (κ3) is 2.56. The van der Waals surface area contributed by atoms with Crippen LogP contribution in [0.25, 0.3) is 10.1 Å². The molecule has 0 atom stereocenters. The van der Waals surface area contributed by atoms with Gasteiger partial charge in [0, 0.05) is 29.7 Å². The van der Waals surface area contributed by atoms with E-state index >= 15 is 0 Å². The highest BCUT2D eigenvalue weighted by Crippen LogP contribution is 2.24. The molecule has 5 nitrogen and oxygen atoms in total. The molecule has 0 aliphatic carbocycles. The minimum absolute atomic E-state index is 0.213. The number of thiophene rings is 1. The van der Waals surface area contributed by atoms with Crippen LogP contribution < -0.4 is 11.1 Å². The average molecular weight is 286 g/mol. The van der Waals surface area contributed by atoms with Gasteiger partial charge in [-0.3, -0.25) is 4.79 Å². The molecule has 0 aliphatic heterocycles. The first-order valence-corrected chi connectivity index (χ1v) is 7.15. The minimum atomic E-state index is -0.213. The molecule has 0 radical (unpaired) electrons. The zero-order valence-electron chi connectivity index (χ0n) is 10.7. The average Bonchev–Trinajstić information content (AvgIpc) is 3.07. The zero-order chi connectivity index (χ0) is 13.9. The van der Waals surface area contributed by atoms with Crippen LogP contribution >= 0.6 is 11.3 Å². The van der Waals surface area contributed by atoms with E-state index in [4.69, 9.17) is 5.73 Å². The molecule has 3 aromatic rings. The lowest BCUT2D eigenvalue weighted by molar-refractivity contribution is 0.102. The van der Waals surface area contributed by atoms with Crippen LogP contribution in [0.15, 0.2) is 42.2 Å². The summed E-state index contributed by atoms with van der Waals surface area (Å²) in [6.45, 7) is 1.17. The van der Waals surface area contributed by atoms with Gasteiger partial charge in [-0.05, 0) is 35.0 Å². The molecule has 0 saturated heterocycles. The van der Waals surface area contributed by atoms with E-state index in [1.165, 1.54) is 4.70 Å². The number of amides is 1. The summed E-state index contributed by atoms with van der Waals surface area (Å²) in [5, 5.41) is 6.01. The first-order valence-electron chi connectivity index (χ1n) is 6.27. The Kier molecular flexibility index (Phi) is 3.49. The van der Waals surface area contributed by atoms with Crippen LogP contribution in [0.2, 0.25) is 0 Å². The van der Waals surface area contributed by atoms with Crippen molar-refractivity contribution < 1.29 is 4.79 Å². The molecule has 3 N–H and O–H groups in total. The van der Waals surface area contributed by atoms with Gasteiger partial charge < -0.3 is 15.6 Å². The van der Waals surface area contributed by atoms with Crippen molar-refractivity contribution in [2.75, 3.05) is 11.9 Å². The standard InChI is InChI=1S/C14H14N4OS/c15-4-5-18-8-12(16-9-18)14(19)17-11-1-2-13-10(7-11)3-6-20-13/h1-3,6-9H,4-5,15H2,(H,17,19). The van der Waals surface area contributed by atoms with Crippen molar-refractivity contribution in [1.29, 1.82) is 0 Å². The summed E-state index contributed by atoms with van der Waals surface area (Å²) in [4.78, 5) is 16.2. The predicted octanol–water partition coefficient (Wildman–Crippen LogP) is 2.31. The lowest BCUT2D eigenvalue weighted by Gasteiger charge is -2.03. The Morgan fingerprint density at radius 1 is 1.40 bits per heavy atom. The van der Waals surface area contributed by atoms with Crippen molar-refractivity contribution in [3.05, 3.63) is 47.9 Å². The van der Waals surface area contributed by atoms with Crippen molar-refractivity contribution in [2.45, 2.75) is 6.54 Å². The van der Waals surface area contributed by atoms with Gasteiger partial charge in [0.25, 0.3) is 5.91 Å². The maximum absolute atomic E-state index is 12.1. The summed E-state index contributed by atoms with van der Waals surface area (Å²) >= 11 is 1.68. The van der Waals surface area contributed by atoms with Crippen LogP contribution in [0, 0.1) is 0 Å². The van der Waals surface area contributed by atoms with Crippen LogP contribution in [0.3, 0.4) is 0 Å². The molecule has 0 fully saturated rings. The number of hydrogen-bond acceptors (Lipinski definition) is 4. The van der Waals surface area contributed by atoms with E-state index < -0.39 is 0 Å². The molecule has 102 valence electrons. The van der Waals surface area contributed by atoms with Crippen molar-refractivity contribution >= 4 is 33.0 Å². The number of hydrogen-bond donors (Lipinski definition) is 2. The second kappa shape index (κ2) is 5.44. The first kappa shape index (κ1) is 12.8. The van der Waals surface area contributed by atoms with E-state index in [1.807, 2.05) is 29.6 Å². The maximum atomic E-state index is 12.1. The van der Waals surface area contributed by atoms with Gasteiger partial charge in [0.2, 0.25) is 0 Å². The molecule has 3 rings (SSSR count). The van der Waals surface area contributed by atoms with Gasteiger partial charge in [0.05, 0.1) is 6.33 Å². The predicted molar refractivity (Wildman–Crippen MR) is 81.1 cm³/mol. The third-order valence-electron chi connectivity index (χ3n) is 2.96. The van der Waals surface area contributed by atoms with Gasteiger partial charge in [-0.2, -0.15) is 0 Å². The van der Waals surface area contributed by atoms with E-state index in [0.717, 1.165) is 11.1 Å². The molecule has 0 saturated carbocycles. The van der Waals surface area contributed by atoms with Gasteiger partial charge >= 0.3 is 0 Å². The van der Waals surface area contributed by atoms with Gasteiger partial charge in [-0.15, -0.1) is 11.3 Å². The third-order valence-corrected chi connectivity index (χ3v) is 3.86. The highest BCUT2D eigenvalue weighted by Gasteiger charge is 2.10. The van der Waals surface area contributed by atoms with Crippen LogP contribution in [0.4, 0.5) is 5.69 Å². The largest absolute Gasteiger partial charge is 0.335 e. The number of benzene rings is 1. The highest BCUT2D eigenvalue weighted by molar-refractivity contribution is 7.17. The van der Waals surface area contributed by atoms with Crippen LogP contribution in [-0.2, 0) is 6.54 Å². The van der Waals surface area contributed by atoms with Crippen molar-refractivity contribution in [2.24, 2.45) is 5.73 Å². The second-order valence-electron chi connectivity index (χ2n) is 4.41. The fourth-order valence-corrected chi connectivity index (χ4v) is 2.76. The normalized spacial score (nSPS) is 10.8. The molecule has 1 aromatic carbocycles. The van der Waals surface area contributed by atoms with Crippen LogP contribution in [0.1, 0.15) is 10.5 Å². The molecule has 2 heterocycles. The number of anilines is 1. The lowest BCUT2D eigenvalue weighted by atomic mass is 10.2. The molecule has 1 amide bonds. The van der Waals surface area contributed by atoms with E-state index in [-0.39, 0.29) is 5.91 Å². The van der Waals surface area contributed by atoms with Gasteiger partial charge in [-0.25, -0.2) is 4.98 Å². The topological polar surface area (TPSA) is 72.9 Å². The number of carbonyl (C=O) groups is 1. The Hall–Kier alpha value is -2.18. The molecular formula is C14H14N4OS. The molecular weight excluding hydrogens is 272 g/mol. The molecule has 6 heteroatoms. The summed E-state index contributed by atoms with van der Waals surface area (Å²) < 4.78 is 3.01. The second-order valence-corrected chi connectivity index (χ2v) is 5.36. The molecule has 2 aromatic heterocycles. The van der Waals surface area contributed by atoms with Gasteiger partial charge in [0.15, 0.2) is 0 Å². The number of imidazole rings is 1. The SMILES string of the molecule is NCCn1cnc(C(=O)Nc2ccc3sccc3c2)c1. The lowest BCUT2D eigenvalue weighted by Crippen LogP contribution is -2.12. The molecule has 0 bridgehead atoms. The Balaban J connectivity index is 1.76. The summed E-state index contributed by atoms with van der Waals surface area (Å²) in [6, 6.07) is 7.89. The van der Waals surface area contributed by atoms with Crippen molar-refractivity contribution in [3.63, 3.8) is 0 Å². The van der Waals surface area contributed by atoms with E-state index in [9.17, 15) is 4.79 Å². The molecule has 0 spiro atoms. The Morgan fingerprint density at radius 2 is 2.30 bits per heavy atom. The number of carbonyl (C=O) groups excluding carboxylic acids is 1. The number of rotatable bonds is 4. The first-order chi connectivity index (χ1) is 9.76. The van der Waals surface area contributed by atoms with E-state index in [0.29, 0.717) is 18.8 Å². The molecule has 0 aliphatic rings. The quantitative estimate of drug-likeness (QED) is 0.773. The fraction of sp³-hybridized carbons (Fsp3) is 0.143. The number of fused-ring (bicyclic) bond motifs is 1.